The molecule has 0 aliphatic heterocycles. The Morgan fingerprint density at radius 1 is 0.491 bits per heavy atom. The van der Waals surface area contributed by atoms with Crippen molar-refractivity contribution >= 4 is 11.9 Å². The van der Waals surface area contributed by atoms with E-state index >= 15 is 0 Å². The lowest BCUT2D eigenvalue weighted by molar-refractivity contribution is -0.143. The second-order valence-corrected chi connectivity index (χ2v) is 16.8. The van der Waals surface area contributed by atoms with Crippen molar-refractivity contribution in [3.05, 3.63) is 12.2 Å². The van der Waals surface area contributed by atoms with Crippen molar-refractivity contribution in [1.82, 2.24) is 5.32 Å². The van der Waals surface area contributed by atoms with Crippen LogP contribution < -0.4 is 5.32 Å². The predicted octanol–water partition coefficient (Wildman–Crippen LogP) is 14.2. The molecule has 1 amide bonds. The van der Waals surface area contributed by atoms with Gasteiger partial charge in [0.1, 0.15) is 0 Å². The summed E-state index contributed by atoms with van der Waals surface area (Å²) in [5, 5.41) is 23.0. The van der Waals surface area contributed by atoms with Gasteiger partial charge in [0.25, 0.3) is 0 Å². The Morgan fingerprint density at radius 3 is 1.29 bits per heavy atom. The van der Waals surface area contributed by atoms with Crippen LogP contribution in [-0.4, -0.2) is 47.4 Å². The third kappa shape index (κ3) is 42.0. The van der Waals surface area contributed by atoms with E-state index in [1.54, 1.807) is 0 Å². The zero-order valence-electron chi connectivity index (χ0n) is 36.9. The second kappa shape index (κ2) is 45.3. The third-order valence-electron chi connectivity index (χ3n) is 11.3. The first-order valence-electron chi connectivity index (χ1n) is 24.4. The van der Waals surface area contributed by atoms with Crippen LogP contribution in [0.15, 0.2) is 12.2 Å². The van der Waals surface area contributed by atoms with Crippen LogP contribution in [0.2, 0.25) is 0 Å². The summed E-state index contributed by atoms with van der Waals surface area (Å²) in [6, 6.07) is -0.546. The van der Waals surface area contributed by atoms with Crippen molar-refractivity contribution < 1.29 is 24.5 Å². The van der Waals surface area contributed by atoms with Gasteiger partial charge in [-0.1, -0.05) is 212 Å². The molecule has 0 aliphatic rings. The molecule has 0 aromatic rings. The van der Waals surface area contributed by atoms with Crippen molar-refractivity contribution in [2.75, 3.05) is 13.2 Å². The van der Waals surface area contributed by atoms with Crippen molar-refractivity contribution in [3.8, 4) is 0 Å². The molecule has 326 valence electrons. The number of allylic oxidation sites excluding steroid dienone is 2. The van der Waals surface area contributed by atoms with E-state index in [4.69, 9.17) is 4.74 Å². The molecule has 0 aromatic heterocycles. The number of amides is 1. The minimum absolute atomic E-state index is 0.0105. The molecule has 0 spiro atoms. The number of nitrogens with one attached hydrogen (secondary N) is 1. The fraction of sp³-hybridized carbons (Fsp3) is 0.918. The van der Waals surface area contributed by atoms with Crippen molar-refractivity contribution in [2.24, 2.45) is 0 Å². The minimum atomic E-state index is -0.668. The summed E-state index contributed by atoms with van der Waals surface area (Å²) in [6.45, 7) is 4.90. The van der Waals surface area contributed by atoms with E-state index in [0.29, 0.717) is 25.9 Å². The van der Waals surface area contributed by atoms with E-state index in [1.807, 2.05) is 0 Å². The molecule has 6 heteroatoms. The molecule has 0 saturated carbocycles. The normalized spacial score (nSPS) is 12.7. The lowest BCUT2D eigenvalue weighted by Gasteiger charge is -2.22. The fourth-order valence-electron chi connectivity index (χ4n) is 7.51. The maximum Gasteiger partial charge on any atom is 0.305 e. The standard InChI is InChI=1S/C49H95NO5/c1-3-5-7-9-11-13-14-15-16-20-23-27-31-35-39-43-49(54)55-44-40-36-32-28-24-21-18-17-19-22-26-30-34-38-42-48(53)50-46(45-51)47(52)41-37-33-29-25-12-10-8-6-4-2/h15-16,46-47,51-52H,3-14,17-45H2,1-2H3,(H,50,53)/b16-15-. The Labute approximate surface area is 342 Å². The van der Waals surface area contributed by atoms with E-state index in [-0.39, 0.29) is 18.5 Å². The zero-order valence-corrected chi connectivity index (χ0v) is 36.9. The predicted molar refractivity (Wildman–Crippen MR) is 237 cm³/mol. The second-order valence-electron chi connectivity index (χ2n) is 16.8. The smallest absolute Gasteiger partial charge is 0.305 e. The highest BCUT2D eigenvalue weighted by Gasteiger charge is 2.20. The van der Waals surface area contributed by atoms with Gasteiger partial charge in [-0.2, -0.15) is 0 Å². The number of aliphatic hydroxyl groups excluding tert-OH is 2. The number of rotatable bonds is 45. The van der Waals surface area contributed by atoms with Crippen LogP contribution in [0.25, 0.3) is 0 Å². The summed E-state index contributed by atoms with van der Waals surface area (Å²) in [7, 11) is 0. The summed E-state index contributed by atoms with van der Waals surface area (Å²) in [4.78, 5) is 24.4. The summed E-state index contributed by atoms with van der Waals surface area (Å²) in [6.07, 6.45) is 50.3. The Hall–Kier alpha value is -1.40. The highest BCUT2D eigenvalue weighted by Crippen LogP contribution is 2.16. The molecule has 0 radical (unpaired) electrons. The Bertz CT molecular complexity index is 817. The molecule has 55 heavy (non-hydrogen) atoms. The first-order valence-corrected chi connectivity index (χ1v) is 24.4. The van der Waals surface area contributed by atoms with Gasteiger partial charge in [-0.3, -0.25) is 9.59 Å². The van der Waals surface area contributed by atoms with Crippen LogP contribution in [-0.2, 0) is 14.3 Å². The van der Waals surface area contributed by atoms with Crippen LogP contribution in [0.5, 0.6) is 0 Å². The van der Waals surface area contributed by atoms with Gasteiger partial charge in [-0.05, 0) is 51.4 Å². The van der Waals surface area contributed by atoms with Gasteiger partial charge >= 0.3 is 5.97 Å². The average molecular weight is 778 g/mol. The maximum absolute atomic E-state index is 12.4. The Balaban J connectivity index is 3.41. The van der Waals surface area contributed by atoms with E-state index in [2.05, 4.69) is 31.3 Å². The zero-order chi connectivity index (χ0) is 40.1. The Kier molecular flexibility index (Phi) is 44.2. The molecule has 0 heterocycles. The highest BCUT2D eigenvalue weighted by molar-refractivity contribution is 5.76. The monoisotopic (exact) mass is 778 g/mol. The lowest BCUT2D eigenvalue weighted by atomic mass is 10.0. The molecule has 0 bridgehead atoms. The summed E-state index contributed by atoms with van der Waals surface area (Å²) >= 11 is 0. The number of hydrogen-bond donors (Lipinski definition) is 3. The maximum atomic E-state index is 12.4. The van der Waals surface area contributed by atoms with E-state index in [9.17, 15) is 19.8 Å². The molecular weight excluding hydrogens is 683 g/mol. The van der Waals surface area contributed by atoms with Gasteiger partial charge in [0.2, 0.25) is 5.91 Å². The molecule has 0 fully saturated rings. The van der Waals surface area contributed by atoms with Crippen molar-refractivity contribution in [3.63, 3.8) is 0 Å². The van der Waals surface area contributed by atoms with Crippen LogP contribution in [0.4, 0.5) is 0 Å². The highest BCUT2D eigenvalue weighted by atomic mass is 16.5. The van der Waals surface area contributed by atoms with E-state index in [1.165, 1.54) is 180 Å². The van der Waals surface area contributed by atoms with Gasteiger partial charge in [0.15, 0.2) is 0 Å². The first-order chi connectivity index (χ1) is 27.0. The molecule has 0 rings (SSSR count). The van der Waals surface area contributed by atoms with Gasteiger partial charge < -0.3 is 20.3 Å². The SMILES string of the molecule is CCCCCCCC/C=C\CCCCCCCC(=O)OCCCCCCCCCCCCCCCCC(=O)NC(CO)C(O)CCCCCCCCCCC. The molecule has 3 N–H and O–H groups in total. The topological polar surface area (TPSA) is 95.9 Å². The average Bonchev–Trinajstić information content (AvgIpc) is 3.18. The minimum Gasteiger partial charge on any atom is -0.466 e. The first kappa shape index (κ1) is 53.6. The number of ether oxygens (including phenoxy) is 1. The number of carbonyl (C=O) groups is 2. The molecule has 0 saturated heterocycles. The van der Waals surface area contributed by atoms with Crippen molar-refractivity contribution in [1.29, 1.82) is 0 Å². The molecule has 6 nitrogen and oxygen atoms in total. The van der Waals surface area contributed by atoms with Crippen LogP contribution in [0.3, 0.4) is 0 Å². The van der Waals surface area contributed by atoms with Gasteiger partial charge in [-0.15, -0.1) is 0 Å². The third-order valence-corrected chi connectivity index (χ3v) is 11.3. The van der Waals surface area contributed by atoms with Gasteiger partial charge in [0, 0.05) is 12.8 Å². The summed E-state index contributed by atoms with van der Waals surface area (Å²) in [5.74, 6) is -0.0587. The number of esters is 1. The lowest BCUT2D eigenvalue weighted by Crippen LogP contribution is -2.45. The van der Waals surface area contributed by atoms with Crippen LogP contribution >= 0.6 is 0 Å². The number of aliphatic hydroxyl groups is 2. The summed E-state index contributed by atoms with van der Waals surface area (Å²) < 4.78 is 5.46. The van der Waals surface area contributed by atoms with Gasteiger partial charge in [0.05, 0.1) is 25.4 Å². The van der Waals surface area contributed by atoms with E-state index in [0.717, 1.165) is 51.4 Å². The number of unbranched alkanes of at least 4 members (excludes halogenated alkanes) is 32. The quantitative estimate of drug-likeness (QED) is 0.0325. The van der Waals surface area contributed by atoms with E-state index < -0.39 is 12.1 Å². The largest absolute Gasteiger partial charge is 0.466 e. The van der Waals surface area contributed by atoms with Crippen molar-refractivity contribution in [2.45, 2.75) is 276 Å². The Morgan fingerprint density at radius 2 is 0.855 bits per heavy atom. The molecule has 0 aliphatic carbocycles. The van der Waals surface area contributed by atoms with Gasteiger partial charge in [-0.25, -0.2) is 0 Å². The molecule has 2 unspecified atom stereocenters. The van der Waals surface area contributed by atoms with Crippen LogP contribution in [0, 0.1) is 0 Å². The fourth-order valence-corrected chi connectivity index (χ4v) is 7.51. The number of hydrogen-bond acceptors (Lipinski definition) is 5. The van der Waals surface area contributed by atoms with Crippen LogP contribution in [0.1, 0.15) is 264 Å². The molecule has 0 aromatic carbocycles. The summed E-state index contributed by atoms with van der Waals surface area (Å²) in [5.41, 5.74) is 0. The molecule has 2 atom stereocenters. The molecular formula is C49H95NO5. The number of carbonyl (C=O) groups excluding carboxylic acids is 2.